The lowest BCUT2D eigenvalue weighted by molar-refractivity contribution is -0.113. The van der Waals surface area contributed by atoms with Crippen molar-refractivity contribution in [2.45, 2.75) is 0 Å². The molecule has 0 spiro atoms. The van der Waals surface area contributed by atoms with Crippen molar-refractivity contribution in [3.8, 4) is 11.5 Å². The molecule has 0 bridgehead atoms. The number of rotatable bonds is 2. The summed E-state index contributed by atoms with van der Waals surface area (Å²) < 4.78 is 11.1. The predicted octanol–water partition coefficient (Wildman–Crippen LogP) is 2.36. The summed E-state index contributed by atoms with van der Waals surface area (Å²) >= 11 is 8.70. The van der Waals surface area contributed by atoms with Gasteiger partial charge in [0, 0.05) is 16.6 Å². The second-order valence-corrected chi connectivity index (χ2v) is 3.99. The molecule has 1 aromatic rings. The zero-order chi connectivity index (χ0) is 10.8. The van der Waals surface area contributed by atoms with E-state index in [2.05, 4.69) is 21.2 Å². The lowest BCUT2D eigenvalue weighted by Gasteiger charge is -2.06. The molecule has 0 aliphatic carbocycles. The lowest BCUT2D eigenvalue weighted by atomic mass is 10.3. The third-order valence-electron chi connectivity index (χ3n) is 1.86. The number of nitrogens with one attached hydrogen (secondary N) is 1. The number of halogens is 2. The van der Waals surface area contributed by atoms with Gasteiger partial charge in [0.15, 0.2) is 11.5 Å². The van der Waals surface area contributed by atoms with Crippen LogP contribution in [0.3, 0.4) is 0 Å². The summed E-state index contributed by atoms with van der Waals surface area (Å²) in [5.74, 6) is 0.922. The van der Waals surface area contributed by atoms with Crippen LogP contribution in [0.4, 0.5) is 5.69 Å². The van der Waals surface area contributed by atoms with Crippen molar-refractivity contribution in [1.29, 1.82) is 0 Å². The molecule has 6 heteroatoms. The SMILES string of the molecule is O=C(CCl)Nc1cc2c(cc1Br)OCO2. The molecule has 1 aliphatic heterocycles. The first-order chi connectivity index (χ1) is 7.20. The second kappa shape index (κ2) is 4.28. The monoisotopic (exact) mass is 291 g/mol. The van der Waals surface area contributed by atoms with Crippen LogP contribution in [0.5, 0.6) is 11.5 Å². The summed E-state index contributed by atoms with van der Waals surface area (Å²) in [5.41, 5.74) is 0.616. The van der Waals surface area contributed by atoms with E-state index in [1.807, 2.05) is 0 Å². The Kier molecular flexibility index (Phi) is 3.02. The van der Waals surface area contributed by atoms with Crippen LogP contribution >= 0.6 is 27.5 Å². The highest BCUT2D eigenvalue weighted by Crippen LogP contribution is 2.39. The Balaban J connectivity index is 2.28. The van der Waals surface area contributed by atoms with E-state index in [0.717, 1.165) is 4.47 Å². The molecule has 1 N–H and O–H groups in total. The maximum Gasteiger partial charge on any atom is 0.239 e. The van der Waals surface area contributed by atoms with Crippen LogP contribution in [0.1, 0.15) is 0 Å². The molecule has 1 aliphatic rings. The standard InChI is InChI=1S/C9H7BrClNO3/c10-5-1-7-8(15-4-14-7)2-6(5)12-9(13)3-11/h1-2H,3-4H2,(H,12,13). The molecule has 0 fully saturated rings. The Morgan fingerprint density at radius 1 is 1.47 bits per heavy atom. The molecule has 2 rings (SSSR count). The maximum atomic E-state index is 11.1. The third kappa shape index (κ3) is 2.18. The number of fused-ring (bicyclic) bond motifs is 1. The van der Waals surface area contributed by atoms with Crippen LogP contribution in [-0.4, -0.2) is 18.6 Å². The molecule has 4 nitrogen and oxygen atoms in total. The fraction of sp³-hybridized carbons (Fsp3) is 0.222. The van der Waals surface area contributed by atoms with E-state index in [9.17, 15) is 4.79 Å². The highest BCUT2D eigenvalue weighted by molar-refractivity contribution is 9.10. The summed E-state index contributed by atoms with van der Waals surface area (Å²) in [5, 5.41) is 2.64. The number of carbonyl (C=O) groups excluding carboxylic acids is 1. The number of alkyl halides is 1. The Morgan fingerprint density at radius 3 is 2.80 bits per heavy atom. The summed E-state index contributed by atoms with van der Waals surface area (Å²) in [6, 6.07) is 3.43. The number of anilines is 1. The minimum atomic E-state index is -0.267. The lowest BCUT2D eigenvalue weighted by Crippen LogP contribution is -2.12. The van der Waals surface area contributed by atoms with Crippen molar-refractivity contribution in [2.24, 2.45) is 0 Å². The van der Waals surface area contributed by atoms with E-state index in [1.165, 1.54) is 0 Å². The van der Waals surface area contributed by atoms with Crippen molar-refractivity contribution in [3.05, 3.63) is 16.6 Å². The van der Waals surface area contributed by atoms with Crippen molar-refractivity contribution in [1.82, 2.24) is 0 Å². The highest BCUT2D eigenvalue weighted by atomic mass is 79.9. The maximum absolute atomic E-state index is 11.1. The number of hydrogen-bond acceptors (Lipinski definition) is 3. The van der Waals surface area contributed by atoms with E-state index < -0.39 is 0 Å². The molecule has 1 heterocycles. The Morgan fingerprint density at radius 2 is 2.13 bits per heavy atom. The van der Waals surface area contributed by atoms with Gasteiger partial charge in [-0.3, -0.25) is 4.79 Å². The number of amides is 1. The largest absolute Gasteiger partial charge is 0.454 e. The van der Waals surface area contributed by atoms with Gasteiger partial charge in [0.05, 0.1) is 5.69 Å². The van der Waals surface area contributed by atoms with Gasteiger partial charge in [-0.05, 0) is 15.9 Å². The molecular weight excluding hydrogens is 285 g/mol. The summed E-state index contributed by atoms with van der Waals surface area (Å²) in [4.78, 5) is 11.1. The molecule has 0 saturated carbocycles. The van der Waals surface area contributed by atoms with Gasteiger partial charge in [-0.25, -0.2) is 0 Å². The van der Waals surface area contributed by atoms with Crippen molar-refractivity contribution in [3.63, 3.8) is 0 Å². The zero-order valence-corrected chi connectivity index (χ0v) is 9.89. The number of carbonyl (C=O) groups is 1. The second-order valence-electron chi connectivity index (χ2n) is 2.87. The van der Waals surface area contributed by atoms with E-state index in [1.54, 1.807) is 12.1 Å². The van der Waals surface area contributed by atoms with Crippen LogP contribution in [0.15, 0.2) is 16.6 Å². The van der Waals surface area contributed by atoms with Crippen LogP contribution in [0.2, 0.25) is 0 Å². The van der Waals surface area contributed by atoms with E-state index in [0.29, 0.717) is 17.2 Å². The fourth-order valence-electron chi connectivity index (χ4n) is 1.20. The minimum absolute atomic E-state index is 0.0825. The highest BCUT2D eigenvalue weighted by Gasteiger charge is 2.16. The Hall–Kier alpha value is -0.940. The average molecular weight is 293 g/mol. The van der Waals surface area contributed by atoms with E-state index in [4.69, 9.17) is 21.1 Å². The van der Waals surface area contributed by atoms with Gasteiger partial charge in [0.1, 0.15) is 5.88 Å². The first-order valence-corrected chi connectivity index (χ1v) is 5.48. The Bertz CT molecular complexity index is 411. The predicted molar refractivity (Wildman–Crippen MR) is 59.6 cm³/mol. The number of ether oxygens (including phenoxy) is 2. The van der Waals surface area contributed by atoms with Crippen LogP contribution in [-0.2, 0) is 4.79 Å². The van der Waals surface area contributed by atoms with Crippen molar-refractivity contribution >= 4 is 39.1 Å². The van der Waals surface area contributed by atoms with E-state index in [-0.39, 0.29) is 18.6 Å². The molecule has 1 amide bonds. The normalized spacial score (nSPS) is 12.7. The van der Waals surface area contributed by atoms with Gasteiger partial charge >= 0.3 is 0 Å². The molecule has 15 heavy (non-hydrogen) atoms. The van der Waals surface area contributed by atoms with E-state index >= 15 is 0 Å². The van der Waals surface area contributed by atoms with Crippen LogP contribution < -0.4 is 14.8 Å². The molecule has 80 valence electrons. The summed E-state index contributed by atoms with van der Waals surface area (Å²) in [7, 11) is 0. The zero-order valence-electron chi connectivity index (χ0n) is 7.55. The average Bonchev–Trinajstić information content (AvgIpc) is 2.65. The smallest absolute Gasteiger partial charge is 0.239 e. The first-order valence-electron chi connectivity index (χ1n) is 4.15. The summed E-state index contributed by atoms with van der Waals surface area (Å²) in [6.45, 7) is 0.203. The summed E-state index contributed by atoms with van der Waals surface area (Å²) in [6.07, 6.45) is 0. The third-order valence-corrected chi connectivity index (χ3v) is 2.76. The van der Waals surface area contributed by atoms with Gasteiger partial charge in [-0.2, -0.15) is 0 Å². The van der Waals surface area contributed by atoms with Gasteiger partial charge in [0.25, 0.3) is 0 Å². The molecule has 1 aromatic carbocycles. The molecule has 0 aromatic heterocycles. The first kappa shape index (κ1) is 10.6. The fourth-order valence-corrected chi connectivity index (χ4v) is 1.68. The van der Waals surface area contributed by atoms with Crippen LogP contribution in [0.25, 0.3) is 0 Å². The van der Waals surface area contributed by atoms with Crippen molar-refractivity contribution in [2.75, 3.05) is 18.0 Å². The van der Waals surface area contributed by atoms with Gasteiger partial charge in [-0.15, -0.1) is 11.6 Å². The molecular formula is C9H7BrClNO3. The van der Waals surface area contributed by atoms with Gasteiger partial charge in [0.2, 0.25) is 12.7 Å². The van der Waals surface area contributed by atoms with Crippen molar-refractivity contribution < 1.29 is 14.3 Å². The number of benzene rings is 1. The van der Waals surface area contributed by atoms with Gasteiger partial charge < -0.3 is 14.8 Å². The van der Waals surface area contributed by atoms with Gasteiger partial charge in [-0.1, -0.05) is 0 Å². The quantitative estimate of drug-likeness (QED) is 0.851. The molecule has 0 unspecified atom stereocenters. The van der Waals surface area contributed by atoms with Crippen LogP contribution in [0, 0.1) is 0 Å². The minimum Gasteiger partial charge on any atom is -0.454 e. The topological polar surface area (TPSA) is 47.6 Å². The molecule has 0 radical (unpaired) electrons. The molecule has 0 saturated heterocycles. The molecule has 0 atom stereocenters. The Labute approximate surface area is 99.6 Å². The number of hydrogen-bond donors (Lipinski definition) is 1.